The van der Waals surface area contributed by atoms with E-state index in [1.165, 1.54) is 0 Å². The van der Waals surface area contributed by atoms with Crippen molar-refractivity contribution in [2.24, 2.45) is 7.05 Å². The summed E-state index contributed by atoms with van der Waals surface area (Å²) in [5.74, 6) is 2.95. The summed E-state index contributed by atoms with van der Waals surface area (Å²) in [5, 5.41) is 12.9. The van der Waals surface area contributed by atoms with E-state index in [0.29, 0.717) is 5.95 Å². The van der Waals surface area contributed by atoms with Crippen LogP contribution in [0, 0.1) is 0 Å². The van der Waals surface area contributed by atoms with Gasteiger partial charge in [0.1, 0.15) is 17.8 Å². The highest BCUT2D eigenvalue weighted by Gasteiger charge is 2.35. The molecule has 10 nitrogen and oxygen atoms in total. The van der Waals surface area contributed by atoms with Gasteiger partial charge in [0, 0.05) is 31.2 Å². The molecule has 158 valence electrons. The second-order valence-electron chi connectivity index (χ2n) is 7.59. The van der Waals surface area contributed by atoms with Gasteiger partial charge in [-0.05, 0) is 6.42 Å². The number of rotatable bonds is 4. The summed E-state index contributed by atoms with van der Waals surface area (Å²) in [6.45, 7) is 2.13. The maximum atomic E-state index is 5.01. The molecule has 1 aromatic carbocycles. The van der Waals surface area contributed by atoms with E-state index in [0.717, 1.165) is 40.8 Å². The topological polar surface area (TPSA) is 95.4 Å². The van der Waals surface area contributed by atoms with Crippen LogP contribution in [-0.2, 0) is 7.05 Å². The molecular weight excluding hydrogens is 404 g/mol. The number of aromatic nitrogens is 9. The van der Waals surface area contributed by atoms with Crippen molar-refractivity contribution in [3.63, 3.8) is 0 Å². The van der Waals surface area contributed by atoms with Gasteiger partial charge in [-0.2, -0.15) is 10.1 Å². The molecule has 0 fully saturated rings. The Kier molecular flexibility index (Phi) is 4.10. The van der Waals surface area contributed by atoms with Crippen LogP contribution < -0.4 is 4.90 Å². The molecule has 0 saturated carbocycles. The number of fused-ring (bicyclic) bond motifs is 3. The molecule has 1 aliphatic rings. The lowest BCUT2D eigenvalue weighted by Crippen LogP contribution is -2.32. The molecule has 1 atom stereocenters. The summed E-state index contributed by atoms with van der Waals surface area (Å²) >= 11 is 0. The molecule has 0 amide bonds. The zero-order chi connectivity index (χ0) is 21.7. The van der Waals surface area contributed by atoms with E-state index in [-0.39, 0.29) is 6.04 Å². The van der Waals surface area contributed by atoms with Crippen molar-refractivity contribution < 1.29 is 0 Å². The zero-order valence-electron chi connectivity index (χ0n) is 17.6. The van der Waals surface area contributed by atoms with Gasteiger partial charge in [-0.15, -0.1) is 10.2 Å². The highest BCUT2D eigenvalue weighted by atomic mass is 15.4. The van der Waals surface area contributed by atoms with E-state index in [2.05, 4.69) is 37.1 Å². The van der Waals surface area contributed by atoms with E-state index in [9.17, 15) is 0 Å². The third-order valence-electron chi connectivity index (χ3n) is 5.65. The predicted octanol–water partition coefficient (Wildman–Crippen LogP) is 3.25. The van der Waals surface area contributed by atoms with Crippen molar-refractivity contribution in [2.45, 2.75) is 19.4 Å². The first-order chi connectivity index (χ1) is 15.7. The smallest absolute Gasteiger partial charge is 0.237 e. The van der Waals surface area contributed by atoms with Gasteiger partial charge in [-0.3, -0.25) is 13.8 Å². The van der Waals surface area contributed by atoms with E-state index >= 15 is 0 Å². The van der Waals surface area contributed by atoms with Crippen LogP contribution in [0.25, 0.3) is 23.0 Å². The third kappa shape index (κ3) is 2.73. The fourth-order valence-electron chi connectivity index (χ4n) is 4.21. The van der Waals surface area contributed by atoms with Gasteiger partial charge in [-0.1, -0.05) is 37.3 Å². The van der Waals surface area contributed by atoms with Gasteiger partial charge in [0.05, 0.1) is 24.1 Å². The van der Waals surface area contributed by atoms with Gasteiger partial charge >= 0.3 is 0 Å². The first-order valence-corrected chi connectivity index (χ1v) is 10.4. The first-order valence-electron chi connectivity index (χ1n) is 10.4. The summed E-state index contributed by atoms with van der Waals surface area (Å²) in [6, 6.07) is 9.98. The second-order valence-corrected chi connectivity index (χ2v) is 7.59. The minimum absolute atomic E-state index is 0.0340. The molecule has 5 heterocycles. The molecule has 5 aromatic rings. The van der Waals surface area contributed by atoms with Gasteiger partial charge in [-0.25, -0.2) is 9.97 Å². The molecule has 0 bridgehead atoms. The number of anilines is 2. The van der Waals surface area contributed by atoms with Crippen molar-refractivity contribution >= 4 is 11.5 Å². The van der Waals surface area contributed by atoms with Gasteiger partial charge in [0.2, 0.25) is 5.95 Å². The third-order valence-corrected chi connectivity index (χ3v) is 5.65. The number of imidazole rings is 1. The molecule has 4 aromatic heterocycles. The van der Waals surface area contributed by atoms with E-state index in [1.807, 2.05) is 71.3 Å². The molecule has 0 aliphatic carbocycles. The first kappa shape index (κ1) is 18.4. The molecule has 0 radical (unpaired) electrons. The zero-order valence-corrected chi connectivity index (χ0v) is 17.6. The Balaban J connectivity index is 1.55. The maximum absolute atomic E-state index is 5.01. The monoisotopic (exact) mass is 424 g/mol. The van der Waals surface area contributed by atoms with Gasteiger partial charge in [0.25, 0.3) is 0 Å². The molecule has 1 aliphatic heterocycles. The average molecular weight is 424 g/mol. The van der Waals surface area contributed by atoms with Gasteiger partial charge < -0.3 is 4.90 Å². The summed E-state index contributed by atoms with van der Waals surface area (Å²) < 4.78 is 5.65. The Morgan fingerprint density at radius 1 is 1.03 bits per heavy atom. The predicted molar refractivity (Wildman–Crippen MR) is 118 cm³/mol. The Morgan fingerprint density at radius 3 is 2.69 bits per heavy atom. The highest BCUT2D eigenvalue weighted by molar-refractivity contribution is 5.71. The van der Waals surface area contributed by atoms with E-state index < -0.39 is 0 Å². The fourth-order valence-corrected chi connectivity index (χ4v) is 4.21. The van der Waals surface area contributed by atoms with E-state index in [4.69, 9.17) is 4.98 Å². The van der Waals surface area contributed by atoms with Crippen LogP contribution in [-0.4, -0.2) is 44.1 Å². The summed E-state index contributed by atoms with van der Waals surface area (Å²) in [5.41, 5.74) is 2.76. The largest absolute Gasteiger partial charge is 0.311 e. The van der Waals surface area contributed by atoms with Gasteiger partial charge in [0.15, 0.2) is 11.6 Å². The Hall–Kier alpha value is -4.34. The molecule has 32 heavy (non-hydrogen) atoms. The van der Waals surface area contributed by atoms with Crippen LogP contribution >= 0.6 is 0 Å². The Morgan fingerprint density at radius 2 is 1.91 bits per heavy atom. The Labute approximate surface area is 183 Å². The summed E-state index contributed by atoms with van der Waals surface area (Å²) in [4.78, 5) is 16.4. The van der Waals surface area contributed by atoms with Crippen molar-refractivity contribution in [3.05, 3.63) is 73.5 Å². The quantitative estimate of drug-likeness (QED) is 0.437. The summed E-state index contributed by atoms with van der Waals surface area (Å²) in [6.07, 6.45) is 11.8. The Bertz CT molecular complexity index is 1400. The number of hydrogen-bond donors (Lipinski definition) is 0. The number of nitrogens with zero attached hydrogens (tertiary/aromatic N) is 10. The number of hydrogen-bond acceptors (Lipinski definition) is 7. The van der Waals surface area contributed by atoms with Crippen molar-refractivity contribution in [1.29, 1.82) is 0 Å². The molecule has 0 saturated heterocycles. The lowest BCUT2D eigenvalue weighted by molar-refractivity contribution is 0.588. The van der Waals surface area contributed by atoms with Crippen LogP contribution in [0.5, 0.6) is 0 Å². The molecule has 1 unspecified atom stereocenters. The van der Waals surface area contributed by atoms with Crippen LogP contribution in [0.1, 0.15) is 25.2 Å². The molecular formula is C22H20N10. The average Bonchev–Trinajstić information content (AvgIpc) is 3.59. The molecule has 0 spiro atoms. The normalized spacial score (nSPS) is 14.9. The molecule has 10 heteroatoms. The summed E-state index contributed by atoms with van der Waals surface area (Å²) in [7, 11) is 1.90. The van der Waals surface area contributed by atoms with Crippen LogP contribution in [0.15, 0.2) is 67.6 Å². The van der Waals surface area contributed by atoms with E-state index in [1.54, 1.807) is 17.2 Å². The van der Waals surface area contributed by atoms with Crippen molar-refractivity contribution in [3.8, 4) is 23.0 Å². The minimum Gasteiger partial charge on any atom is -0.311 e. The van der Waals surface area contributed by atoms with Crippen molar-refractivity contribution in [1.82, 2.24) is 44.1 Å². The van der Waals surface area contributed by atoms with Crippen LogP contribution in [0.3, 0.4) is 0 Å². The van der Waals surface area contributed by atoms with Crippen LogP contribution in [0.4, 0.5) is 11.5 Å². The second kappa shape index (κ2) is 7.12. The number of benzene rings is 1. The molecule has 0 N–H and O–H groups in total. The van der Waals surface area contributed by atoms with Crippen LogP contribution in [0.2, 0.25) is 0 Å². The van der Waals surface area contributed by atoms with Crippen molar-refractivity contribution in [2.75, 3.05) is 4.90 Å². The fraction of sp³-hybridized carbons (Fsp3) is 0.182. The SMILES string of the molecule is CCC1c2nncn2-c2cnc(-n3ccnc3-c3ccccc3)nc2N1c1cnn(C)c1. The minimum atomic E-state index is -0.0340. The maximum Gasteiger partial charge on any atom is 0.237 e. The number of aryl methyl sites for hydroxylation is 1. The lowest BCUT2D eigenvalue weighted by atomic mass is 10.1. The molecule has 6 rings (SSSR count). The highest BCUT2D eigenvalue weighted by Crippen LogP contribution is 2.42. The lowest BCUT2D eigenvalue weighted by Gasteiger charge is -2.35. The standard InChI is InChI=1S/C22H20N10/c1-3-17-21-28-25-14-31(21)18-12-24-22(27-20(18)32(17)16-11-26-29(2)13-16)30-10-9-23-19(30)15-7-5-4-6-8-15/h4-14,17H,3H2,1-2H3.